The first-order valence-electron chi connectivity index (χ1n) is 5.35. The third-order valence-electron chi connectivity index (χ3n) is 2.39. The maximum atomic E-state index is 12.0. The number of hydrogen-bond acceptors (Lipinski definition) is 4. The number of carbonyl (C=O) groups is 1. The van der Waals surface area contributed by atoms with Crippen LogP contribution in [0.3, 0.4) is 0 Å². The van der Waals surface area contributed by atoms with Gasteiger partial charge in [0.05, 0.1) is 7.57 Å². The standard InChI is InChI=1S/C13H10Br2O2S2/c1-18-9-4-2-8(3-5-9)17-7-11(16)10-6-12(14)19-13(10)15/h2-6H,7H2,1H3. The summed E-state index contributed by atoms with van der Waals surface area (Å²) in [5, 5.41) is 0. The maximum Gasteiger partial charge on any atom is 0.202 e. The van der Waals surface area contributed by atoms with Gasteiger partial charge in [-0.25, -0.2) is 0 Å². The summed E-state index contributed by atoms with van der Waals surface area (Å²) in [7, 11) is 0. The normalized spacial score (nSPS) is 10.5. The number of carbonyl (C=O) groups excluding carboxylic acids is 1. The van der Waals surface area contributed by atoms with E-state index in [4.69, 9.17) is 4.74 Å². The zero-order valence-corrected chi connectivity index (χ0v) is 14.8. The SMILES string of the molecule is CSc1ccc(OCC(=O)c2cc(Br)sc2Br)cc1. The number of rotatable bonds is 5. The van der Waals surface area contributed by atoms with Crippen molar-refractivity contribution in [1.82, 2.24) is 0 Å². The van der Waals surface area contributed by atoms with Crippen molar-refractivity contribution >= 4 is 60.7 Å². The van der Waals surface area contributed by atoms with Gasteiger partial charge in [0.2, 0.25) is 5.78 Å². The highest BCUT2D eigenvalue weighted by Crippen LogP contribution is 2.32. The molecule has 0 bridgehead atoms. The minimum Gasteiger partial charge on any atom is -0.485 e. The smallest absolute Gasteiger partial charge is 0.202 e. The number of thioether (sulfide) groups is 1. The van der Waals surface area contributed by atoms with Crippen molar-refractivity contribution in [3.63, 3.8) is 0 Å². The van der Waals surface area contributed by atoms with E-state index in [1.54, 1.807) is 17.8 Å². The van der Waals surface area contributed by atoms with E-state index in [2.05, 4.69) is 31.9 Å². The van der Waals surface area contributed by atoms with Crippen LogP contribution >= 0.6 is 55.0 Å². The van der Waals surface area contributed by atoms with Crippen LogP contribution in [0, 0.1) is 0 Å². The van der Waals surface area contributed by atoms with Crippen molar-refractivity contribution in [3.8, 4) is 5.75 Å². The van der Waals surface area contributed by atoms with Crippen molar-refractivity contribution in [2.45, 2.75) is 4.90 Å². The molecular weight excluding hydrogens is 412 g/mol. The van der Waals surface area contributed by atoms with Gasteiger partial charge in [0.25, 0.3) is 0 Å². The van der Waals surface area contributed by atoms with Gasteiger partial charge in [-0.1, -0.05) is 0 Å². The Balaban J connectivity index is 1.98. The van der Waals surface area contributed by atoms with Crippen molar-refractivity contribution in [1.29, 1.82) is 0 Å². The molecule has 2 rings (SSSR count). The van der Waals surface area contributed by atoms with Crippen LogP contribution < -0.4 is 4.74 Å². The fraction of sp³-hybridized carbons (Fsp3) is 0.154. The number of hydrogen-bond donors (Lipinski definition) is 0. The molecule has 2 aromatic rings. The number of Topliss-reactive ketones (excluding diaryl/α,β-unsaturated/α-hetero) is 1. The summed E-state index contributed by atoms with van der Waals surface area (Å²) in [5.41, 5.74) is 0.651. The van der Waals surface area contributed by atoms with Crippen molar-refractivity contribution < 1.29 is 9.53 Å². The molecule has 2 nitrogen and oxygen atoms in total. The molecule has 0 aliphatic heterocycles. The van der Waals surface area contributed by atoms with Crippen LogP contribution in [0.25, 0.3) is 0 Å². The van der Waals surface area contributed by atoms with Gasteiger partial charge in [-0.05, 0) is 68.4 Å². The first kappa shape index (κ1) is 15.1. The molecule has 0 spiro atoms. The Morgan fingerprint density at radius 3 is 2.53 bits per heavy atom. The molecule has 1 aromatic heterocycles. The van der Waals surface area contributed by atoms with Crippen LogP contribution in [0.4, 0.5) is 0 Å². The van der Waals surface area contributed by atoms with Gasteiger partial charge in [0.15, 0.2) is 6.61 Å². The topological polar surface area (TPSA) is 26.3 Å². The maximum absolute atomic E-state index is 12.0. The number of thiophene rings is 1. The predicted molar refractivity (Wildman–Crippen MR) is 87.8 cm³/mol. The van der Waals surface area contributed by atoms with Crippen LogP contribution in [0.2, 0.25) is 0 Å². The van der Waals surface area contributed by atoms with Crippen molar-refractivity contribution in [3.05, 3.63) is 43.5 Å². The number of ether oxygens (including phenoxy) is 1. The molecule has 100 valence electrons. The summed E-state index contributed by atoms with van der Waals surface area (Å²) in [6, 6.07) is 9.50. The molecule has 19 heavy (non-hydrogen) atoms. The Hall–Kier alpha value is -0.300. The molecule has 6 heteroatoms. The van der Waals surface area contributed by atoms with E-state index in [9.17, 15) is 4.79 Å². The van der Waals surface area contributed by atoms with Crippen LogP contribution in [0.1, 0.15) is 10.4 Å². The molecule has 0 saturated carbocycles. The molecule has 0 aliphatic carbocycles. The van der Waals surface area contributed by atoms with Gasteiger partial charge >= 0.3 is 0 Å². The Labute approximate surface area is 136 Å². The Bertz CT molecular complexity index is 579. The zero-order chi connectivity index (χ0) is 13.8. The lowest BCUT2D eigenvalue weighted by Crippen LogP contribution is -2.11. The number of halogens is 2. The van der Waals surface area contributed by atoms with Gasteiger partial charge in [-0.2, -0.15) is 0 Å². The second-order valence-electron chi connectivity index (χ2n) is 3.63. The summed E-state index contributed by atoms with van der Waals surface area (Å²) in [6.45, 7) is 0.0421. The fourth-order valence-corrected chi connectivity index (χ4v) is 4.69. The summed E-state index contributed by atoms with van der Waals surface area (Å²) in [5.74, 6) is 0.666. The van der Waals surface area contributed by atoms with Crippen molar-refractivity contribution in [2.75, 3.05) is 12.9 Å². The van der Waals surface area contributed by atoms with E-state index < -0.39 is 0 Å². The summed E-state index contributed by atoms with van der Waals surface area (Å²) < 4.78 is 7.24. The average Bonchev–Trinajstić information content (AvgIpc) is 2.75. The van der Waals surface area contributed by atoms with E-state index in [0.29, 0.717) is 11.3 Å². The molecule has 0 unspecified atom stereocenters. The predicted octanol–water partition coefficient (Wildman–Crippen LogP) is 5.26. The van der Waals surface area contributed by atoms with E-state index in [1.165, 1.54) is 16.2 Å². The number of benzene rings is 1. The minimum atomic E-state index is -0.0391. The lowest BCUT2D eigenvalue weighted by molar-refractivity contribution is 0.0921. The molecule has 0 fully saturated rings. The lowest BCUT2D eigenvalue weighted by atomic mass is 10.2. The molecule has 0 saturated heterocycles. The highest BCUT2D eigenvalue weighted by atomic mass is 79.9. The largest absolute Gasteiger partial charge is 0.485 e. The molecule has 0 aliphatic rings. The first-order valence-corrected chi connectivity index (χ1v) is 8.98. The molecule has 0 radical (unpaired) electrons. The average molecular weight is 422 g/mol. The highest BCUT2D eigenvalue weighted by molar-refractivity contribution is 9.12. The first-order chi connectivity index (χ1) is 9.10. The summed E-state index contributed by atoms with van der Waals surface area (Å²) in [4.78, 5) is 13.2. The van der Waals surface area contributed by atoms with E-state index in [1.807, 2.05) is 30.5 Å². The molecule has 1 heterocycles. The summed E-state index contributed by atoms with van der Waals surface area (Å²) >= 11 is 9.88. The second-order valence-corrected chi connectivity index (χ2v) is 8.25. The third kappa shape index (κ3) is 4.08. The van der Waals surface area contributed by atoms with Gasteiger partial charge in [0, 0.05) is 10.5 Å². The Kier molecular flexibility index (Phi) is 5.50. The van der Waals surface area contributed by atoms with Gasteiger partial charge in [0.1, 0.15) is 5.75 Å². The summed E-state index contributed by atoms with van der Waals surface area (Å²) in [6.07, 6.45) is 2.02. The van der Waals surface area contributed by atoms with Crippen LogP contribution in [0.5, 0.6) is 5.75 Å². The molecular formula is C13H10Br2O2S2. The molecule has 0 atom stereocenters. The van der Waals surface area contributed by atoms with Gasteiger partial charge < -0.3 is 4.74 Å². The van der Waals surface area contributed by atoms with E-state index >= 15 is 0 Å². The minimum absolute atomic E-state index is 0.0391. The lowest BCUT2D eigenvalue weighted by Gasteiger charge is -2.05. The van der Waals surface area contributed by atoms with E-state index in [-0.39, 0.29) is 12.4 Å². The molecule has 1 aromatic carbocycles. The highest BCUT2D eigenvalue weighted by Gasteiger charge is 2.14. The molecule has 0 N–H and O–H groups in total. The van der Waals surface area contributed by atoms with Gasteiger partial charge in [-0.3, -0.25) is 4.79 Å². The Morgan fingerprint density at radius 2 is 2.00 bits per heavy atom. The number of ketones is 1. The van der Waals surface area contributed by atoms with Gasteiger partial charge in [-0.15, -0.1) is 23.1 Å². The van der Waals surface area contributed by atoms with Crippen LogP contribution in [-0.4, -0.2) is 18.6 Å². The fourth-order valence-electron chi connectivity index (χ4n) is 1.43. The third-order valence-corrected chi connectivity index (χ3v) is 5.47. The zero-order valence-electron chi connectivity index (χ0n) is 9.98. The second kappa shape index (κ2) is 6.92. The monoisotopic (exact) mass is 420 g/mol. The molecule has 0 amide bonds. The van der Waals surface area contributed by atoms with Crippen LogP contribution in [0.15, 0.2) is 42.8 Å². The quantitative estimate of drug-likeness (QED) is 0.486. The van der Waals surface area contributed by atoms with Crippen LogP contribution in [-0.2, 0) is 0 Å². The Morgan fingerprint density at radius 1 is 1.32 bits per heavy atom. The van der Waals surface area contributed by atoms with Crippen molar-refractivity contribution in [2.24, 2.45) is 0 Å². The van der Waals surface area contributed by atoms with E-state index in [0.717, 1.165) is 7.57 Å².